The molecule has 0 aliphatic heterocycles. The molecule has 56 heavy (non-hydrogen) atoms. The van der Waals surface area contributed by atoms with E-state index in [0.29, 0.717) is 0 Å². The monoisotopic (exact) mass is 713 g/mol. The van der Waals surface area contributed by atoms with Crippen molar-refractivity contribution in [1.82, 2.24) is 14.1 Å². The molecule has 3 aromatic heterocycles. The first-order valence-electron chi connectivity index (χ1n) is 19.1. The van der Waals surface area contributed by atoms with Crippen molar-refractivity contribution in [2.24, 2.45) is 0 Å². The maximum Gasteiger partial charge on any atom is 0.0547 e. The summed E-state index contributed by atoms with van der Waals surface area (Å²) in [7, 11) is 0. The zero-order valence-electron chi connectivity index (χ0n) is 30.5. The molecule has 0 aliphatic rings. The Morgan fingerprint density at radius 3 is 1.39 bits per heavy atom. The fourth-order valence-corrected chi connectivity index (χ4v) is 8.54. The highest BCUT2D eigenvalue weighted by molar-refractivity contribution is 6.12. The summed E-state index contributed by atoms with van der Waals surface area (Å²) in [5, 5.41) is 4.95. The van der Waals surface area contributed by atoms with Gasteiger partial charge in [0.05, 0.1) is 22.1 Å². The summed E-state index contributed by atoms with van der Waals surface area (Å²) in [5.41, 5.74) is 16.5. The SMILES string of the molecule is c1ccc(-c2ccc(-n3c4ccccc4c4cc(-c5ccc6c7ccccc7n(-c7cc(-c8ccccc8)cc(-c8ccncc8)c7)c6c5)ccc43)cc2)cc1. The van der Waals surface area contributed by atoms with Crippen molar-refractivity contribution in [1.29, 1.82) is 0 Å². The fourth-order valence-electron chi connectivity index (χ4n) is 8.54. The van der Waals surface area contributed by atoms with Gasteiger partial charge in [0.2, 0.25) is 0 Å². The van der Waals surface area contributed by atoms with Crippen LogP contribution in [0.2, 0.25) is 0 Å². The average molecular weight is 714 g/mol. The number of para-hydroxylation sites is 2. The van der Waals surface area contributed by atoms with Gasteiger partial charge in [0.25, 0.3) is 0 Å². The van der Waals surface area contributed by atoms with Crippen LogP contribution in [0.25, 0.3) is 99.5 Å². The highest BCUT2D eigenvalue weighted by Gasteiger charge is 2.17. The van der Waals surface area contributed by atoms with E-state index in [2.05, 4.69) is 214 Å². The molecule has 0 spiro atoms. The summed E-state index contributed by atoms with van der Waals surface area (Å²) in [5.74, 6) is 0. The van der Waals surface area contributed by atoms with Gasteiger partial charge in [-0.1, -0.05) is 127 Å². The van der Waals surface area contributed by atoms with Crippen LogP contribution in [0.5, 0.6) is 0 Å². The first-order chi connectivity index (χ1) is 27.8. The second-order valence-corrected chi connectivity index (χ2v) is 14.5. The Kier molecular flexibility index (Phi) is 7.49. The molecule has 262 valence electrons. The first-order valence-corrected chi connectivity index (χ1v) is 19.1. The molecule has 11 rings (SSSR count). The largest absolute Gasteiger partial charge is 0.309 e. The molecule has 11 aromatic rings. The van der Waals surface area contributed by atoms with Gasteiger partial charge in [-0.15, -0.1) is 0 Å². The smallest absolute Gasteiger partial charge is 0.0547 e. The molecule has 3 heteroatoms. The van der Waals surface area contributed by atoms with Gasteiger partial charge >= 0.3 is 0 Å². The van der Waals surface area contributed by atoms with Crippen molar-refractivity contribution < 1.29 is 0 Å². The van der Waals surface area contributed by atoms with E-state index in [4.69, 9.17) is 0 Å². The van der Waals surface area contributed by atoms with Crippen molar-refractivity contribution in [3.05, 3.63) is 213 Å². The molecule has 0 fully saturated rings. The van der Waals surface area contributed by atoms with E-state index < -0.39 is 0 Å². The first kappa shape index (κ1) is 32.0. The van der Waals surface area contributed by atoms with Gasteiger partial charge in [0.15, 0.2) is 0 Å². The third-order valence-electron chi connectivity index (χ3n) is 11.2. The standard InChI is InChI=1S/C53H35N3/c1-3-11-36(12-4-1)38-19-23-44(24-20-38)55-51-18-10-8-16-47(51)49-34-40(22-26-52(49)55)41-21-25-48-46-15-7-9-17-50(46)56(53(48)35-41)45-32-42(37-13-5-2-6-14-37)31-43(33-45)39-27-29-54-30-28-39/h1-35H. The molecular formula is C53H35N3. The van der Waals surface area contributed by atoms with Crippen molar-refractivity contribution >= 4 is 43.6 Å². The second kappa shape index (κ2) is 13.1. The van der Waals surface area contributed by atoms with Crippen LogP contribution in [0.4, 0.5) is 0 Å². The topological polar surface area (TPSA) is 22.8 Å². The van der Waals surface area contributed by atoms with Gasteiger partial charge in [-0.05, 0) is 117 Å². The Hall–Kier alpha value is -7.49. The molecule has 0 aliphatic carbocycles. The van der Waals surface area contributed by atoms with Crippen LogP contribution in [0.1, 0.15) is 0 Å². The fraction of sp³-hybridized carbons (Fsp3) is 0. The Morgan fingerprint density at radius 2 is 0.714 bits per heavy atom. The Morgan fingerprint density at radius 1 is 0.250 bits per heavy atom. The predicted octanol–water partition coefficient (Wildman–Crippen LogP) is 13.9. The molecule has 0 amide bonds. The third-order valence-corrected chi connectivity index (χ3v) is 11.2. The van der Waals surface area contributed by atoms with Crippen molar-refractivity contribution in [3.63, 3.8) is 0 Å². The van der Waals surface area contributed by atoms with Gasteiger partial charge in [-0.25, -0.2) is 0 Å². The quantitative estimate of drug-likeness (QED) is 0.168. The highest BCUT2D eigenvalue weighted by Crippen LogP contribution is 2.40. The van der Waals surface area contributed by atoms with Crippen LogP contribution in [0.3, 0.4) is 0 Å². The molecule has 0 N–H and O–H groups in total. The van der Waals surface area contributed by atoms with Crippen LogP contribution in [-0.4, -0.2) is 14.1 Å². The Labute approximate surface area is 325 Å². The van der Waals surface area contributed by atoms with E-state index in [0.717, 1.165) is 22.5 Å². The average Bonchev–Trinajstić information content (AvgIpc) is 3.79. The summed E-state index contributed by atoms with van der Waals surface area (Å²) < 4.78 is 4.83. The van der Waals surface area contributed by atoms with Crippen LogP contribution in [0.15, 0.2) is 213 Å². The molecular weight excluding hydrogens is 679 g/mol. The number of fused-ring (bicyclic) bond motifs is 6. The lowest BCUT2D eigenvalue weighted by molar-refractivity contribution is 1.18. The van der Waals surface area contributed by atoms with Crippen molar-refractivity contribution in [2.75, 3.05) is 0 Å². The molecule has 0 radical (unpaired) electrons. The van der Waals surface area contributed by atoms with E-state index in [-0.39, 0.29) is 0 Å². The molecule has 0 bridgehead atoms. The number of aromatic nitrogens is 3. The Bertz CT molecular complexity index is 3150. The number of benzene rings is 8. The molecule has 0 atom stereocenters. The molecule has 8 aromatic carbocycles. The molecule has 3 nitrogen and oxygen atoms in total. The van der Waals surface area contributed by atoms with E-state index in [1.807, 2.05) is 12.4 Å². The van der Waals surface area contributed by atoms with Crippen LogP contribution in [-0.2, 0) is 0 Å². The van der Waals surface area contributed by atoms with Crippen molar-refractivity contribution in [2.45, 2.75) is 0 Å². The minimum absolute atomic E-state index is 1.12. The number of pyridine rings is 1. The van der Waals surface area contributed by atoms with Gasteiger partial charge in [0, 0.05) is 45.3 Å². The van der Waals surface area contributed by atoms with E-state index in [1.54, 1.807) is 0 Å². The number of rotatable bonds is 6. The van der Waals surface area contributed by atoms with Gasteiger partial charge in [0.1, 0.15) is 0 Å². The summed E-state index contributed by atoms with van der Waals surface area (Å²) >= 11 is 0. The third kappa shape index (κ3) is 5.32. The van der Waals surface area contributed by atoms with Gasteiger partial charge < -0.3 is 9.13 Å². The molecule has 0 saturated carbocycles. The maximum atomic E-state index is 4.30. The van der Waals surface area contributed by atoms with Crippen LogP contribution < -0.4 is 0 Å². The molecule has 3 heterocycles. The zero-order valence-corrected chi connectivity index (χ0v) is 30.5. The summed E-state index contributed by atoms with van der Waals surface area (Å²) in [6.45, 7) is 0. The number of hydrogen-bond donors (Lipinski definition) is 0. The van der Waals surface area contributed by atoms with Gasteiger partial charge in [-0.3, -0.25) is 4.98 Å². The zero-order chi connectivity index (χ0) is 37.0. The van der Waals surface area contributed by atoms with E-state index >= 15 is 0 Å². The summed E-state index contributed by atoms with van der Waals surface area (Å²) in [6.07, 6.45) is 3.74. The normalized spacial score (nSPS) is 11.6. The van der Waals surface area contributed by atoms with Gasteiger partial charge in [-0.2, -0.15) is 0 Å². The molecule has 0 unspecified atom stereocenters. The van der Waals surface area contributed by atoms with Crippen LogP contribution in [0, 0.1) is 0 Å². The lowest BCUT2D eigenvalue weighted by atomic mass is 9.98. The van der Waals surface area contributed by atoms with Crippen molar-refractivity contribution in [3.8, 4) is 55.9 Å². The second-order valence-electron chi connectivity index (χ2n) is 14.5. The minimum Gasteiger partial charge on any atom is -0.309 e. The van der Waals surface area contributed by atoms with Crippen LogP contribution >= 0.6 is 0 Å². The lowest BCUT2D eigenvalue weighted by Gasteiger charge is -2.14. The maximum absolute atomic E-state index is 4.30. The van der Waals surface area contributed by atoms with E-state index in [9.17, 15) is 0 Å². The lowest BCUT2D eigenvalue weighted by Crippen LogP contribution is -1.96. The number of hydrogen-bond acceptors (Lipinski definition) is 1. The Balaban J connectivity index is 1.08. The summed E-state index contributed by atoms with van der Waals surface area (Å²) in [4.78, 5) is 4.30. The minimum atomic E-state index is 1.12. The highest BCUT2D eigenvalue weighted by atomic mass is 15.0. The predicted molar refractivity (Wildman–Crippen MR) is 235 cm³/mol. The number of nitrogens with zero attached hydrogens (tertiary/aromatic N) is 3. The molecule has 0 saturated heterocycles. The van der Waals surface area contributed by atoms with E-state index in [1.165, 1.54) is 77.0 Å². The summed E-state index contributed by atoms with van der Waals surface area (Å²) in [6, 6.07) is 72.7.